The number of hydrogen-bond acceptors (Lipinski definition) is 8. The molecule has 39 heavy (non-hydrogen) atoms. The lowest BCUT2D eigenvalue weighted by molar-refractivity contribution is -0.135. The van der Waals surface area contributed by atoms with Gasteiger partial charge in [0, 0.05) is 38.7 Å². The highest BCUT2D eigenvalue weighted by Crippen LogP contribution is 2.27. The van der Waals surface area contributed by atoms with Crippen molar-refractivity contribution in [3.63, 3.8) is 0 Å². The van der Waals surface area contributed by atoms with Crippen LogP contribution in [0.5, 0.6) is 0 Å². The minimum atomic E-state index is -4.68. The van der Waals surface area contributed by atoms with Crippen LogP contribution in [-0.4, -0.2) is 64.5 Å². The maximum atomic E-state index is 13.3. The number of aromatic nitrogens is 2. The first-order valence-corrected chi connectivity index (χ1v) is 12.5. The molecule has 2 aromatic rings. The van der Waals surface area contributed by atoms with Gasteiger partial charge in [0.25, 0.3) is 17.4 Å². The van der Waals surface area contributed by atoms with E-state index in [9.17, 15) is 41.6 Å². The van der Waals surface area contributed by atoms with Gasteiger partial charge in [-0.2, -0.15) is 18.4 Å². The van der Waals surface area contributed by atoms with E-state index in [1.165, 1.54) is 18.3 Å². The largest absolute Gasteiger partial charge is 0.405 e. The van der Waals surface area contributed by atoms with Crippen molar-refractivity contribution >= 4 is 46.6 Å². The number of anilines is 2. The molecule has 0 aromatic carbocycles. The zero-order chi connectivity index (χ0) is 28.8. The van der Waals surface area contributed by atoms with Gasteiger partial charge in [0.2, 0.25) is 5.91 Å². The number of halogens is 5. The van der Waals surface area contributed by atoms with Crippen LogP contribution in [0.25, 0.3) is 11.8 Å². The van der Waals surface area contributed by atoms with E-state index in [2.05, 4.69) is 15.6 Å². The van der Waals surface area contributed by atoms with E-state index in [4.69, 9.17) is 0 Å². The minimum absolute atomic E-state index is 0.0429. The highest BCUT2D eigenvalue weighted by molar-refractivity contribution is 7.07. The topological polar surface area (TPSA) is 132 Å². The van der Waals surface area contributed by atoms with Crippen LogP contribution >= 0.6 is 11.3 Å². The van der Waals surface area contributed by atoms with Crippen LogP contribution in [0.3, 0.4) is 0 Å². The molecule has 3 rings (SSSR count). The van der Waals surface area contributed by atoms with E-state index >= 15 is 0 Å². The van der Waals surface area contributed by atoms with Gasteiger partial charge < -0.3 is 16.0 Å². The summed E-state index contributed by atoms with van der Waals surface area (Å²) in [7, 11) is 0. The Morgan fingerprint density at radius 2 is 1.90 bits per heavy atom. The Balaban J connectivity index is 1.76. The molecular weight excluding hydrogens is 549 g/mol. The van der Waals surface area contributed by atoms with Crippen molar-refractivity contribution in [2.24, 2.45) is 0 Å². The maximum absolute atomic E-state index is 13.3. The van der Waals surface area contributed by atoms with Gasteiger partial charge in [-0.1, -0.05) is 6.07 Å². The number of rotatable bonds is 8. The fourth-order valence-electron chi connectivity index (χ4n) is 3.61. The Morgan fingerprint density at radius 1 is 1.23 bits per heavy atom. The van der Waals surface area contributed by atoms with Gasteiger partial charge in [-0.15, -0.1) is 11.3 Å². The van der Waals surface area contributed by atoms with Crippen LogP contribution in [-0.2, 0) is 16.1 Å². The van der Waals surface area contributed by atoms with Crippen LogP contribution in [0.15, 0.2) is 23.0 Å². The molecule has 0 atom stereocenters. The van der Waals surface area contributed by atoms with E-state index in [0.717, 1.165) is 15.9 Å². The molecule has 1 fully saturated rings. The molecule has 16 heteroatoms. The van der Waals surface area contributed by atoms with Crippen LogP contribution in [0.2, 0.25) is 0 Å². The maximum Gasteiger partial charge on any atom is 0.405 e. The van der Waals surface area contributed by atoms with Gasteiger partial charge in [-0.05, 0) is 19.1 Å². The number of nitriles is 1. The number of likely N-dealkylation sites (tertiary alicyclic amines) is 1. The smallest absolute Gasteiger partial charge is 0.345 e. The second-order valence-electron chi connectivity index (χ2n) is 8.48. The molecule has 2 aromatic heterocycles. The molecule has 3 N–H and O–H groups in total. The summed E-state index contributed by atoms with van der Waals surface area (Å²) in [5, 5.41) is 16.4. The quantitative estimate of drug-likeness (QED) is 0.405. The van der Waals surface area contributed by atoms with Crippen molar-refractivity contribution in [3.05, 3.63) is 37.7 Å². The van der Waals surface area contributed by atoms with Crippen molar-refractivity contribution in [2.45, 2.75) is 38.4 Å². The van der Waals surface area contributed by atoms with E-state index in [1.807, 2.05) is 0 Å². The highest BCUT2D eigenvalue weighted by atomic mass is 32.1. The average molecular weight is 574 g/mol. The second kappa shape index (κ2) is 12.3. The summed E-state index contributed by atoms with van der Waals surface area (Å²) in [6.45, 7) is 0.0935. The molecule has 2 amide bonds. The van der Waals surface area contributed by atoms with Crippen molar-refractivity contribution in [3.8, 4) is 6.07 Å². The number of carbonyl (C=O) groups is 2. The lowest BCUT2D eigenvalue weighted by Crippen LogP contribution is -2.43. The first-order valence-electron chi connectivity index (χ1n) is 11.6. The van der Waals surface area contributed by atoms with E-state index in [1.54, 1.807) is 29.3 Å². The molecule has 1 aliphatic heterocycles. The lowest BCUT2D eigenvalue weighted by atomic mass is 10.1. The van der Waals surface area contributed by atoms with Crippen molar-refractivity contribution in [1.82, 2.24) is 19.8 Å². The lowest BCUT2D eigenvalue weighted by Gasteiger charge is -2.30. The molecule has 0 bridgehead atoms. The summed E-state index contributed by atoms with van der Waals surface area (Å²) < 4.78 is 65.0. The predicted octanol–water partition coefficient (Wildman–Crippen LogP) is 1.20. The van der Waals surface area contributed by atoms with Crippen LogP contribution in [0.1, 0.15) is 19.8 Å². The van der Waals surface area contributed by atoms with Gasteiger partial charge in [-0.25, -0.2) is 13.8 Å². The summed E-state index contributed by atoms with van der Waals surface area (Å²) in [5.74, 6) is -4.04. The molecule has 0 spiro atoms. The number of piperidine rings is 1. The van der Waals surface area contributed by atoms with Crippen LogP contribution in [0.4, 0.5) is 33.6 Å². The SMILES string of the molecule is CCn1c(=O)/c(=C\Nc2cccc(NC(=O)CN3CCC(F)(F)CC3)n2)s/c1=C(/C#N)C(=O)NCC(F)(F)F. The number of carbonyl (C=O) groups excluding carboxylic acids is 2. The number of alkyl halides is 5. The third kappa shape index (κ3) is 8.32. The van der Waals surface area contributed by atoms with E-state index < -0.39 is 41.6 Å². The molecule has 0 unspecified atom stereocenters. The van der Waals surface area contributed by atoms with Gasteiger partial charge in [-0.3, -0.25) is 23.9 Å². The van der Waals surface area contributed by atoms with Crippen molar-refractivity contribution in [1.29, 1.82) is 5.26 Å². The van der Waals surface area contributed by atoms with E-state index in [0.29, 0.717) is 0 Å². The van der Waals surface area contributed by atoms with Crippen molar-refractivity contribution < 1.29 is 31.5 Å². The monoisotopic (exact) mass is 573 g/mol. The van der Waals surface area contributed by atoms with E-state index in [-0.39, 0.29) is 59.9 Å². The summed E-state index contributed by atoms with van der Waals surface area (Å²) in [5.41, 5.74) is -1.22. The summed E-state index contributed by atoms with van der Waals surface area (Å²) in [6, 6.07) is 6.17. The molecule has 1 aliphatic rings. The third-order valence-corrected chi connectivity index (χ3v) is 6.68. The number of pyridine rings is 1. The molecule has 0 radical (unpaired) electrons. The Kier molecular flexibility index (Phi) is 9.41. The Bertz CT molecular complexity index is 1440. The fourth-order valence-corrected chi connectivity index (χ4v) is 4.69. The standard InChI is InChI=1S/C23H24F5N7O3S/c1-2-35-20(38)15(39-21(35)14(10-29)19(37)31-13-23(26,27)28)11-30-16-4-3-5-17(32-16)33-18(36)12-34-8-6-22(24,25)7-9-34/h3-5,11H,2,6-9,12-13H2,1H3,(H,31,37)(H2,30,32,33,36)/b15-11+,21-14-. The summed E-state index contributed by atoms with van der Waals surface area (Å²) in [4.78, 5) is 43.1. The van der Waals surface area contributed by atoms with Gasteiger partial charge >= 0.3 is 6.18 Å². The van der Waals surface area contributed by atoms with Crippen LogP contribution < -0.4 is 30.7 Å². The highest BCUT2D eigenvalue weighted by Gasteiger charge is 2.34. The van der Waals surface area contributed by atoms with Gasteiger partial charge in [0.1, 0.15) is 33.4 Å². The number of amides is 2. The van der Waals surface area contributed by atoms with Crippen molar-refractivity contribution in [2.75, 3.05) is 36.8 Å². The Labute approximate surface area is 222 Å². The number of hydrogen-bond donors (Lipinski definition) is 3. The zero-order valence-corrected chi connectivity index (χ0v) is 21.4. The molecule has 0 aliphatic carbocycles. The summed E-state index contributed by atoms with van der Waals surface area (Å²) >= 11 is 0.733. The molecular formula is C23H24F5N7O3S. The molecule has 0 saturated carbocycles. The number of nitrogens with zero attached hydrogens (tertiary/aromatic N) is 4. The van der Waals surface area contributed by atoms with Gasteiger partial charge in [0.05, 0.1) is 6.54 Å². The molecule has 210 valence electrons. The fraction of sp³-hybridized carbons (Fsp3) is 0.435. The summed E-state index contributed by atoms with van der Waals surface area (Å²) in [6.07, 6.45) is -4.05. The minimum Gasteiger partial charge on any atom is -0.345 e. The number of thiazole rings is 1. The normalized spacial score (nSPS) is 16.8. The average Bonchev–Trinajstić information content (AvgIpc) is 3.17. The molecule has 1 saturated heterocycles. The second-order valence-corrected chi connectivity index (χ2v) is 9.51. The predicted molar refractivity (Wildman–Crippen MR) is 133 cm³/mol. The first-order chi connectivity index (χ1) is 18.3. The zero-order valence-electron chi connectivity index (χ0n) is 20.6. The third-order valence-electron chi connectivity index (χ3n) is 5.55. The first kappa shape index (κ1) is 29.7. The Morgan fingerprint density at radius 3 is 2.51 bits per heavy atom. The van der Waals surface area contributed by atoms with Crippen LogP contribution in [0, 0.1) is 11.3 Å². The molecule has 3 heterocycles. The Hall–Kier alpha value is -3.84. The number of nitrogens with one attached hydrogen (secondary N) is 3. The molecule has 10 nitrogen and oxygen atoms in total. The van der Waals surface area contributed by atoms with Gasteiger partial charge in [0.15, 0.2) is 5.57 Å².